The monoisotopic (exact) mass is 330 g/mol. The first-order valence-electron chi connectivity index (χ1n) is 9.35. The zero-order valence-electron chi connectivity index (χ0n) is 15.0. The third-order valence-corrected chi connectivity index (χ3v) is 5.52. The van der Waals surface area contributed by atoms with Crippen LogP contribution in [-0.4, -0.2) is 54.5 Å². The molecule has 3 rings (SSSR count). The van der Waals surface area contributed by atoms with E-state index >= 15 is 0 Å². The lowest BCUT2D eigenvalue weighted by Gasteiger charge is -2.34. The van der Waals surface area contributed by atoms with Gasteiger partial charge in [0.05, 0.1) is 0 Å². The van der Waals surface area contributed by atoms with Gasteiger partial charge in [-0.2, -0.15) is 0 Å². The van der Waals surface area contributed by atoms with Crippen molar-refractivity contribution >= 4 is 6.41 Å². The molecule has 0 saturated carbocycles. The number of amides is 1. The zero-order valence-corrected chi connectivity index (χ0v) is 15.0. The first-order valence-corrected chi connectivity index (χ1v) is 9.35. The Hall–Kier alpha value is -1.55. The molecule has 2 saturated heterocycles. The van der Waals surface area contributed by atoms with Crippen LogP contribution in [0.2, 0.25) is 0 Å². The zero-order chi connectivity index (χ0) is 16.9. The molecule has 132 valence electrons. The van der Waals surface area contributed by atoms with E-state index in [1.165, 1.54) is 5.56 Å². The van der Waals surface area contributed by atoms with E-state index < -0.39 is 0 Å². The smallest absolute Gasteiger partial charge is 0.209 e. The normalized spacial score (nSPS) is 21.2. The molecule has 24 heavy (non-hydrogen) atoms. The van der Waals surface area contributed by atoms with Gasteiger partial charge in [0.25, 0.3) is 0 Å². The van der Waals surface area contributed by atoms with Crippen LogP contribution in [0.1, 0.15) is 51.0 Å². The summed E-state index contributed by atoms with van der Waals surface area (Å²) in [6.07, 6.45) is 5.64. The van der Waals surface area contributed by atoms with Crippen LogP contribution in [-0.2, 0) is 4.79 Å². The Bertz CT molecular complexity index is 530. The van der Waals surface area contributed by atoms with Crippen molar-refractivity contribution in [3.05, 3.63) is 29.8 Å². The number of carbonyl (C=O) groups is 1. The molecule has 0 radical (unpaired) electrons. The van der Waals surface area contributed by atoms with Crippen molar-refractivity contribution in [1.82, 2.24) is 9.80 Å². The highest BCUT2D eigenvalue weighted by molar-refractivity contribution is 5.47. The number of hydrogen-bond acceptors (Lipinski definition) is 3. The lowest BCUT2D eigenvalue weighted by Crippen LogP contribution is -2.41. The van der Waals surface area contributed by atoms with Crippen molar-refractivity contribution in [3.63, 3.8) is 0 Å². The maximum absolute atomic E-state index is 10.8. The van der Waals surface area contributed by atoms with E-state index in [2.05, 4.69) is 43.0 Å². The van der Waals surface area contributed by atoms with Crippen LogP contribution >= 0.6 is 0 Å². The van der Waals surface area contributed by atoms with Gasteiger partial charge >= 0.3 is 0 Å². The van der Waals surface area contributed by atoms with Gasteiger partial charge in [0.2, 0.25) is 6.41 Å². The molecule has 4 heteroatoms. The predicted molar refractivity (Wildman–Crippen MR) is 96.4 cm³/mol. The van der Waals surface area contributed by atoms with Gasteiger partial charge < -0.3 is 14.5 Å². The predicted octanol–water partition coefficient (Wildman–Crippen LogP) is 3.27. The fourth-order valence-electron chi connectivity index (χ4n) is 3.88. The first kappa shape index (κ1) is 17.3. The molecule has 0 unspecified atom stereocenters. The number of nitrogens with zero attached hydrogens (tertiary/aromatic N) is 2. The van der Waals surface area contributed by atoms with Crippen molar-refractivity contribution in [3.8, 4) is 5.75 Å². The van der Waals surface area contributed by atoms with Gasteiger partial charge in [-0.1, -0.05) is 12.1 Å². The fourth-order valence-corrected chi connectivity index (χ4v) is 3.88. The summed E-state index contributed by atoms with van der Waals surface area (Å²) in [7, 11) is 0. The summed E-state index contributed by atoms with van der Waals surface area (Å²) in [5.74, 6) is 1.56. The van der Waals surface area contributed by atoms with E-state index in [1.807, 2.05) is 4.90 Å². The van der Waals surface area contributed by atoms with Crippen LogP contribution in [0.4, 0.5) is 0 Å². The van der Waals surface area contributed by atoms with E-state index in [1.54, 1.807) is 0 Å². The Kier molecular flexibility index (Phi) is 5.77. The molecule has 0 aliphatic carbocycles. The van der Waals surface area contributed by atoms with E-state index in [0.717, 1.165) is 64.0 Å². The molecule has 2 fully saturated rings. The molecule has 1 amide bonds. The SMILES string of the molecule is CC(C)N1CCC(Oc2cccc(C3CCN(C=O)CC3)c2)CC1. The Morgan fingerprint density at radius 2 is 1.79 bits per heavy atom. The van der Waals surface area contributed by atoms with Crippen molar-refractivity contribution in [1.29, 1.82) is 0 Å². The largest absolute Gasteiger partial charge is 0.490 e. The highest BCUT2D eigenvalue weighted by Gasteiger charge is 2.23. The molecular weight excluding hydrogens is 300 g/mol. The van der Waals surface area contributed by atoms with Crippen LogP contribution in [0.5, 0.6) is 5.75 Å². The topological polar surface area (TPSA) is 32.8 Å². The summed E-state index contributed by atoms with van der Waals surface area (Å²) >= 11 is 0. The molecule has 2 aliphatic heterocycles. The quantitative estimate of drug-likeness (QED) is 0.777. The number of likely N-dealkylation sites (tertiary alicyclic amines) is 2. The molecule has 1 aromatic rings. The number of benzene rings is 1. The lowest BCUT2D eigenvalue weighted by atomic mass is 9.89. The van der Waals surface area contributed by atoms with Crippen LogP contribution in [0, 0.1) is 0 Å². The minimum absolute atomic E-state index is 0.340. The summed E-state index contributed by atoms with van der Waals surface area (Å²) in [4.78, 5) is 15.2. The summed E-state index contributed by atoms with van der Waals surface area (Å²) in [5.41, 5.74) is 1.36. The maximum atomic E-state index is 10.8. The van der Waals surface area contributed by atoms with E-state index in [-0.39, 0.29) is 0 Å². The van der Waals surface area contributed by atoms with Gasteiger partial charge in [0.1, 0.15) is 11.9 Å². The van der Waals surface area contributed by atoms with Crippen LogP contribution in [0.25, 0.3) is 0 Å². The molecule has 0 atom stereocenters. The third kappa shape index (κ3) is 4.29. The molecule has 0 bridgehead atoms. The highest BCUT2D eigenvalue weighted by atomic mass is 16.5. The van der Waals surface area contributed by atoms with Gasteiger partial charge in [-0.05, 0) is 63.1 Å². The summed E-state index contributed by atoms with van der Waals surface area (Å²) in [5, 5.41) is 0. The summed E-state index contributed by atoms with van der Waals surface area (Å²) in [6.45, 7) is 8.53. The van der Waals surface area contributed by atoms with Gasteiger partial charge in [0.15, 0.2) is 0 Å². The standard InChI is InChI=1S/C20H30N2O2/c1-16(2)22-12-8-19(9-13-22)24-20-5-3-4-18(14-20)17-6-10-21(15-23)11-7-17/h3-5,14-17,19H,6-13H2,1-2H3. The molecule has 2 aliphatic rings. The Morgan fingerprint density at radius 1 is 1.08 bits per heavy atom. The van der Waals surface area contributed by atoms with Crippen molar-refractivity contribution in [2.24, 2.45) is 0 Å². The fraction of sp³-hybridized carbons (Fsp3) is 0.650. The summed E-state index contributed by atoms with van der Waals surface area (Å²) in [6, 6.07) is 9.25. The Balaban J connectivity index is 1.55. The first-order chi connectivity index (χ1) is 11.7. The van der Waals surface area contributed by atoms with Crippen molar-refractivity contribution < 1.29 is 9.53 Å². The average Bonchev–Trinajstić information content (AvgIpc) is 2.62. The summed E-state index contributed by atoms with van der Waals surface area (Å²) < 4.78 is 6.26. The van der Waals surface area contributed by atoms with Crippen LogP contribution in [0.3, 0.4) is 0 Å². The van der Waals surface area contributed by atoms with Gasteiger partial charge in [-0.25, -0.2) is 0 Å². The van der Waals surface area contributed by atoms with Crippen molar-refractivity contribution in [2.75, 3.05) is 26.2 Å². The van der Waals surface area contributed by atoms with Gasteiger partial charge in [0, 0.05) is 32.2 Å². The molecule has 0 spiro atoms. The molecule has 2 heterocycles. The highest BCUT2D eigenvalue weighted by Crippen LogP contribution is 2.30. The average molecular weight is 330 g/mol. The van der Waals surface area contributed by atoms with Crippen molar-refractivity contribution in [2.45, 2.75) is 57.6 Å². The molecule has 1 aromatic carbocycles. The minimum atomic E-state index is 0.340. The van der Waals surface area contributed by atoms with E-state index in [0.29, 0.717) is 18.1 Å². The number of hydrogen-bond donors (Lipinski definition) is 0. The number of piperidine rings is 2. The number of rotatable bonds is 5. The lowest BCUT2D eigenvalue weighted by molar-refractivity contribution is -0.119. The second-order valence-electron chi connectivity index (χ2n) is 7.44. The molecule has 4 nitrogen and oxygen atoms in total. The molecule has 0 N–H and O–H groups in total. The second-order valence-corrected chi connectivity index (χ2v) is 7.44. The Labute approximate surface area is 145 Å². The van der Waals surface area contributed by atoms with Gasteiger partial charge in [-0.3, -0.25) is 4.79 Å². The van der Waals surface area contributed by atoms with Gasteiger partial charge in [-0.15, -0.1) is 0 Å². The van der Waals surface area contributed by atoms with E-state index in [4.69, 9.17) is 4.74 Å². The van der Waals surface area contributed by atoms with E-state index in [9.17, 15) is 4.79 Å². The maximum Gasteiger partial charge on any atom is 0.209 e. The Morgan fingerprint density at radius 3 is 2.42 bits per heavy atom. The second kappa shape index (κ2) is 8.02. The van der Waals surface area contributed by atoms with Crippen LogP contribution in [0.15, 0.2) is 24.3 Å². The number of carbonyl (C=O) groups excluding carboxylic acids is 1. The number of ether oxygens (including phenoxy) is 1. The van der Waals surface area contributed by atoms with Crippen LogP contribution < -0.4 is 4.74 Å². The molecule has 0 aromatic heterocycles. The minimum Gasteiger partial charge on any atom is -0.490 e. The molecular formula is C20H30N2O2. The third-order valence-electron chi connectivity index (χ3n) is 5.52.